The molecule has 0 unspecified atom stereocenters. The maximum absolute atomic E-state index is 4.37. The van der Waals surface area contributed by atoms with Gasteiger partial charge in [-0.05, 0) is 13.3 Å². The maximum atomic E-state index is 4.37. The largest absolute Gasteiger partial charge is 0.373 e. The van der Waals surface area contributed by atoms with E-state index in [1.54, 1.807) is 17.7 Å². The first-order chi connectivity index (χ1) is 8.74. The molecule has 0 aliphatic rings. The Labute approximate surface area is 111 Å². The molecule has 2 heterocycles. The van der Waals surface area contributed by atoms with Gasteiger partial charge in [-0.15, -0.1) is 11.3 Å². The third kappa shape index (κ3) is 2.76. The van der Waals surface area contributed by atoms with E-state index in [9.17, 15) is 0 Å². The number of aryl methyl sites for hydroxylation is 1. The van der Waals surface area contributed by atoms with Crippen molar-refractivity contribution >= 4 is 23.0 Å². The summed E-state index contributed by atoms with van der Waals surface area (Å²) in [6, 6.07) is 0. The van der Waals surface area contributed by atoms with E-state index in [4.69, 9.17) is 0 Å². The highest BCUT2D eigenvalue weighted by molar-refractivity contribution is 7.11. The molecule has 2 N–H and O–H groups in total. The summed E-state index contributed by atoms with van der Waals surface area (Å²) < 4.78 is 0. The number of hydrogen-bond donors (Lipinski definition) is 2. The molecule has 0 aromatic carbocycles. The van der Waals surface area contributed by atoms with E-state index in [0.717, 1.165) is 28.6 Å². The highest BCUT2D eigenvalue weighted by atomic mass is 32.1. The van der Waals surface area contributed by atoms with Gasteiger partial charge in [-0.2, -0.15) is 0 Å². The summed E-state index contributed by atoms with van der Waals surface area (Å²) in [6.45, 7) is 4.83. The maximum Gasteiger partial charge on any atom is 0.134 e. The predicted octanol–water partition coefficient (Wildman–Crippen LogP) is 2.46. The van der Waals surface area contributed by atoms with Gasteiger partial charge in [0.2, 0.25) is 0 Å². The first-order valence-electron chi connectivity index (χ1n) is 5.91. The van der Waals surface area contributed by atoms with Crippen LogP contribution in [0, 0.1) is 6.92 Å². The van der Waals surface area contributed by atoms with E-state index >= 15 is 0 Å². The topological polar surface area (TPSA) is 62.7 Å². The first-order valence-corrected chi connectivity index (χ1v) is 6.73. The molecule has 0 atom stereocenters. The number of anilines is 2. The molecule has 0 fully saturated rings. The SMILES string of the molecule is CCc1cnc(CNc2ncnc(NC)c2C)s1. The van der Waals surface area contributed by atoms with Crippen molar-refractivity contribution in [2.24, 2.45) is 0 Å². The lowest BCUT2D eigenvalue weighted by atomic mass is 10.3. The van der Waals surface area contributed by atoms with Gasteiger partial charge in [-0.25, -0.2) is 15.0 Å². The highest BCUT2D eigenvalue weighted by Crippen LogP contribution is 2.19. The van der Waals surface area contributed by atoms with Crippen molar-refractivity contribution in [2.75, 3.05) is 17.7 Å². The van der Waals surface area contributed by atoms with Crippen molar-refractivity contribution in [1.82, 2.24) is 15.0 Å². The lowest BCUT2D eigenvalue weighted by Gasteiger charge is -2.09. The Balaban J connectivity index is 2.06. The summed E-state index contributed by atoms with van der Waals surface area (Å²) in [5, 5.41) is 7.42. The fraction of sp³-hybridized carbons (Fsp3) is 0.417. The van der Waals surface area contributed by atoms with Crippen LogP contribution in [0.2, 0.25) is 0 Å². The molecule has 0 spiro atoms. The van der Waals surface area contributed by atoms with Crippen LogP contribution in [-0.4, -0.2) is 22.0 Å². The van der Waals surface area contributed by atoms with Crippen molar-refractivity contribution in [1.29, 1.82) is 0 Å². The summed E-state index contributed by atoms with van der Waals surface area (Å²) >= 11 is 1.74. The van der Waals surface area contributed by atoms with Crippen LogP contribution in [0.1, 0.15) is 22.4 Å². The molecular formula is C12H17N5S. The van der Waals surface area contributed by atoms with Gasteiger partial charge < -0.3 is 10.6 Å². The molecule has 2 rings (SSSR count). The van der Waals surface area contributed by atoms with Gasteiger partial charge in [-0.3, -0.25) is 0 Å². The summed E-state index contributed by atoms with van der Waals surface area (Å²) in [6.07, 6.45) is 4.53. The van der Waals surface area contributed by atoms with Crippen molar-refractivity contribution in [2.45, 2.75) is 26.8 Å². The standard InChI is InChI=1S/C12H17N5S/c1-4-9-5-14-10(18-9)6-15-12-8(2)11(13-3)16-7-17-12/h5,7H,4,6H2,1-3H3,(H2,13,15,16,17). The van der Waals surface area contributed by atoms with Gasteiger partial charge in [0.05, 0.1) is 6.54 Å². The quantitative estimate of drug-likeness (QED) is 0.867. The Bertz CT molecular complexity index is 523. The number of thiazole rings is 1. The Morgan fingerprint density at radius 1 is 1.22 bits per heavy atom. The number of rotatable bonds is 5. The average Bonchev–Trinajstić information content (AvgIpc) is 2.85. The monoisotopic (exact) mass is 263 g/mol. The minimum Gasteiger partial charge on any atom is -0.373 e. The zero-order valence-electron chi connectivity index (χ0n) is 10.8. The minimum absolute atomic E-state index is 0.700. The van der Waals surface area contributed by atoms with Crippen LogP contribution in [0.25, 0.3) is 0 Å². The molecule has 18 heavy (non-hydrogen) atoms. The predicted molar refractivity (Wildman–Crippen MR) is 75.1 cm³/mol. The summed E-state index contributed by atoms with van der Waals surface area (Å²) in [5.74, 6) is 1.70. The smallest absolute Gasteiger partial charge is 0.134 e. The minimum atomic E-state index is 0.700. The van der Waals surface area contributed by atoms with Crippen molar-refractivity contribution in [3.63, 3.8) is 0 Å². The van der Waals surface area contributed by atoms with Crippen LogP contribution in [0.3, 0.4) is 0 Å². The number of aromatic nitrogens is 3. The fourth-order valence-electron chi connectivity index (χ4n) is 1.63. The molecule has 0 radical (unpaired) electrons. The zero-order valence-corrected chi connectivity index (χ0v) is 11.6. The summed E-state index contributed by atoms with van der Waals surface area (Å²) in [5.41, 5.74) is 1.02. The molecule has 0 aliphatic carbocycles. The molecular weight excluding hydrogens is 246 g/mol. The van der Waals surface area contributed by atoms with Crippen molar-refractivity contribution in [3.8, 4) is 0 Å². The molecule has 0 saturated heterocycles. The molecule has 0 aliphatic heterocycles. The van der Waals surface area contributed by atoms with Crippen LogP contribution in [0.5, 0.6) is 0 Å². The third-order valence-corrected chi connectivity index (χ3v) is 3.82. The molecule has 0 saturated carbocycles. The molecule has 0 amide bonds. The zero-order chi connectivity index (χ0) is 13.0. The molecule has 2 aromatic heterocycles. The first kappa shape index (κ1) is 12.8. The molecule has 5 nitrogen and oxygen atoms in total. The van der Waals surface area contributed by atoms with Crippen LogP contribution in [-0.2, 0) is 13.0 Å². The Morgan fingerprint density at radius 2 is 2.00 bits per heavy atom. The molecule has 2 aromatic rings. The lowest BCUT2D eigenvalue weighted by Crippen LogP contribution is -2.06. The van der Waals surface area contributed by atoms with Gasteiger partial charge in [0, 0.05) is 23.7 Å². The normalized spacial score (nSPS) is 10.4. The van der Waals surface area contributed by atoms with Crippen LogP contribution in [0.4, 0.5) is 11.6 Å². The summed E-state index contributed by atoms with van der Waals surface area (Å²) in [7, 11) is 1.85. The van der Waals surface area contributed by atoms with Gasteiger partial charge >= 0.3 is 0 Å². The number of nitrogens with one attached hydrogen (secondary N) is 2. The Hall–Kier alpha value is -1.69. The molecule has 96 valence electrons. The van der Waals surface area contributed by atoms with E-state index in [-0.39, 0.29) is 0 Å². The van der Waals surface area contributed by atoms with E-state index in [1.165, 1.54) is 4.88 Å². The Morgan fingerprint density at radius 3 is 2.67 bits per heavy atom. The van der Waals surface area contributed by atoms with Crippen LogP contribution >= 0.6 is 11.3 Å². The summed E-state index contributed by atoms with van der Waals surface area (Å²) in [4.78, 5) is 14.1. The van der Waals surface area contributed by atoms with Gasteiger partial charge in [0.25, 0.3) is 0 Å². The highest BCUT2D eigenvalue weighted by Gasteiger charge is 2.06. The second kappa shape index (κ2) is 5.77. The number of hydrogen-bond acceptors (Lipinski definition) is 6. The van der Waals surface area contributed by atoms with E-state index in [0.29, 0.717) is 6.54 Å². The molecule has 0 bridgehead atoms. The van der Waals surface area contributed by atoms with E-state index in [1.807, 2.05) is 20.2 Å². The van der Waals surface area contributed by atoms with E-state index in [2.05, 4.69) is 32.5 Å². The average molecular weight is 263 g/mol. The fourth-order valence-corrected chi connectivity index (χ4v) is 2.44. The lowest BCUT2D eigenvalue weighted by molar-refractivity contribution is 1.04. The number of nitrogens with zero attached hydrogens (tertiary/aromatic N) is 3. The van der Waals surface area contributed by atoms with Crippen molar-refractivity contribution < 1.29 is 0 Å². The van der Waals surface area contributed by atoms with Crippen LogP contribution < -0.4 is 10.6 Å². The van der Waals surface area contributed by atoms with Gasteiger partial charge in [-0.1, -0.05) is 6.92 Å². The van der Waals surface area contributed by atoms with E-state index < -0.39 is 0 Å². The molecule has 6 heteroatoms. The second-order valence-corrected chi connectivity index (χ2v) is 5.07. The van der Waals surface area contributed by atoms with Crippen LogP contribution in [0.15, 0.2) is 12.5 Å². The third-order valence-electron chi connectivity index (χ3n) is 2.68. The Kier molecular flexibility index (Phi) is 4.09. The van der Waals surface area contributed by atoms with Gasteiger partial charge in [0.15, 0.2) is 0 Å². The van der Waals surface area contributed by atoms with Gasteiger partial charge in [0.1, 0.15) is 23.0 Å². The van der Waals surface area contributed by atoms with Crippen molar-refractivity contribution in [3.05, 3.63) is 28.0 Å². The second-order valence-electron chi connectivity index (χ2n) is 3.87.